The molecule has 0 aliphatic heterocycles. The van der Waals surface area contributed by atoms with E-state index in [2.05, 4.69) is 9.97 Å². The predicted octanol–water partition coefficient (Wildman–Crippen LogP) is 2.33. The molecule has 2 aromatic rings. The van der Waals surface area contributed by atoms with Gasteiger partial charge in [-0.3, -0.25) is 0 Å². The van der Waals surface area contributed by atoms with Crippen LogP contribution in [0.5, 0.6) is 0 Å². The molecule has 0 radical (unpaired) electrons. The SMILES string of the molecule is Nc1cccc(N)c1-c1nccc(C(F)(F)F)n1. The normalized spacial score (nSPS) is 11.5. The Kier molecular flexibility index (Phi) is 2.82. The highest BCUT2D eigenvalue weighted by Crippen LogP contribution is 2.32. The Bertz CT molecular complexity index is 560. The molecule has 4 N–H and O–H groups in total. The van der Waals surface area contributed by atoms with Gasteiger partial charge in [0.2, 0.25) is 0 Å². The summed E-state index contributed by atoms with van der Waals surface area (Å²) < 4.78 is 37.6. The quantitative estimate of drug-likeness (QED) is 0.765. The maximum atomic E-state index is 12.5. The lowest BCUT2D eigenvalue weighted by molar-refractivity contribution is -0.141. The summed E-state index contributed by atoms with van der Waals surface area (Å²) in [4.78, 5) is 7.21. The molecule has 0 aliphatic rings. The Morgan fingerprint density at radius 1 is 1.00 bits per heavy atom. The molecule has 0 saturated heterocycles. The fourth-order valence-corrected chi connectivity index (χ4v) is 1.48. The van der Waals surface area contributed by atoms with E-state index in [0.717, 1.165) is 12.3 Å². The first-order chi connectivity index (χ1) is 8.39. The Labute approximate surface area is 100 Å². The summed E-state index contributed by atoms with van der Waals surface area (Å²) in [5.41, 5.74) is 11.0. The fraction of sp³-hybridized carbons (Fsp3) is 0.0909. The maximum absolute atomic E-state index is 12.5. The molecule has 4 nitrogen and oxygen atoms in total. The van der Waals surface area contributed by atoms with E-state index < -0.39 is 11.9 Å². The van der Waals surface area contributed by atoms with E-state index in [0.29, 0.717) is 0 Å². The third kappa shape index (κ3) is 2.20. The van der Waals surface area contributed by atoms with Crippen molar-refractivity contribution in [3.05, 3.63) is 36.2 Å². The predicted molar refractivity (Wildman–Crippen MR) is 61.3 cm³/mol. The Balaban J connectivity index is 2.59. The van der Waals surface area contributed by atoms with Gasteiger partial charge in [-0.1, -0.05) is 6.07 Å². The average Bonchev–Trinajstić information content (AvgIpc) is 2.28. The van der Waals surface area contributed by atoms with Crippen molar-refractivity contribution in [2.45, 2.75) is 6.18 Å². The number of rotatable bonds is 1. The molecule has 0 spiro atoms. The van der Waals surface area contributed by atoms with E-state index in [1.165, 1.54) is 12.1 Å². The van der Waals surface area contributed by atoms with Crippen molar-refractivity contribution in [3.63, 3.8) is 0 Å². The van der Waals surface area contributed by atoms with Crippen molar-refractivity contribution in [1.82, 2.24) is 9.97 Å². The van der Waals surface area contributed by atoms with Gasteiger partial charge in [0.1, 0.15) is 5.69 Å². The first-order valence-electron chi connectivity index (χ1n) is 4.94. The van der Waals surface area contributed by atoms with Crippen LogP contribution in [0.15, 0.2) is 30.5 Å². The van der Waals surface area contributed by atoms with Gasteiger partial charge in [-0.05, 0) is 18.2 Å². The van der Waals surface area contributed by atoms with Gasteiger partial charge >= 0.3 is 6.18 Å². The van der Waals surface area contributed by atoms with Crippen molar-refractivity contribution >= 4 is 11.4 Å². The minimum absolute atomic E-state index is 0.138. The molecule has 94 valence electrons. The molecule has 0 fully saturated rings. The second kappa shape index (κ2) is 4.17. The van der Waals surface area contributed by atoms with E-state index in [1.54, 1.807) is 6.07 Å². The highest BCUT2D eigenvalue weighted by molar-refractivity contribution is 5.82. The van der Waals surface area contributed by atoms with E-state index in [4.69, 9.17) is 11.5 Å². The van der Waals surface area contributed by atoms with Crippen molar-refractivity contribution < 1.29 is 13.2 Å². The molecule has 0 unspecified atom stereocenters. The Hall–Kier alpha value is -2.31. The summed E-state index contributed by atoms with van der Waals surface area (Å²) in [6.45, 7) is 0. The monoisotopic (exact) mass is 254 g/mol. The summed E-state index contributed by atoms with van der Waals surface area (Å²) in [5, 5.41) is 0. The van der Waals surface area contributed by atoms with Crippen LogP contribution in [0.25, 0.3) is 11.4 Å². The van der Waals surface area contributed by atoms with Crippen molar-refractivity contribution in [2.24, 2.45) is 0 Å². The van der Waals surface area contributed by atoms with E-state index >= 15 is 0 Å². The largest absolute Gasteiger partial charge is 0.433 e. The van der Waals surface area contributed by atoms with Crippen LogP contribution in [0, 0.1) is 0 Å². The fourth-order valence-electron chi connectivity index (χ4n) is 1.48. The van der Waals surface area contributed by atoms with Gasteiger partial charge in [0, 0.05) is 17.6 Å². The third-order valence-corrected chi connectivity index (χ3v) is 2.30. The standard InChI is InChI=1S/C11H9F3N4/c12-11(13,14)8-4-5-17-10(18-8)9-6(15)2-1-3-7(9)16/h1-5H,15-16H2. The lowest BCUT2D eigenvalue weighted by Crippen LogP contribution is -2.10. The number of nitrogens with zero attached hydrogens (tertiary/aromatic N) is 2. The second-order valence-electron chi connectivity index (χ2n) is 3.57. The molecule has 0 amide bonds. The number of aromatic nitrogens is 2. The zero-order chi connectivity index (χ0) is 13.3. The van der Waals surface area contributed by atoms with Crippen LogP contribution in [-0.2, 0) is 6.18 Å². The number of hydrogen-bond acceptors (Lipinski definition) is 4. The summed E-state index contributed by atoms with van der Waals surface area (Å²) in [5.74, 6) is -0.138. The smallest absolute Gasteiger partial charge is 0.398 e. The number of anilines is 2. The first kappa shape index (κ1) is 12.2. The van der Waals surface area contributed by atoms with E-state index in [-0.39, 0.29) is 22.8 Å². The molecule has 2 rings (SSSR count). The van der Waals surface area contributed by atoms with Crippen molar-refractivity contribution in [1.29, 1.82) is 0 Å². The minimum atomic E-state index is -4.53. The van der Waals surface area contributed by atoms with Gasteiger partial charge in [-0.2, -0.15) is 13.2 Å². The molecular formula is C11H9F3N4. The summed E-state index contributed by atoms with van der Waals surface area (Å²) in [7, 11) is 0. The minimum Gasteiger partial charge on any atom is -0.398 e. The van der Waals surface area contributed by atoms with Crippen LogP contribution in [0.1, 0.15) is 5.69 Å². The number of alkyl halides is 3. The maximum Gasteiger partial charge on any atom is 0.433 e. The molecule has 0 bridgehead atoms. The number of halogens is 3. The zero-order valence-electron chi connectivity index (χ0n) is 9.07. The Morgan fingerprint density at radius 3 is 2.17 bits per heavy atom. The van der Waals surface area contributed by atoms with Gasteiger partial charge < -0.3 is 11.5 Å². The number of nitrogen functional groups attached to an aromatic ring is 2. The van der Waals surface area contributed by atoms with E-state index in [9.17, 15) is 13.2 Å². The zero-order valence-corrected chi connectivity index (χ0v) is 9.07. The van der Waals surface area contributed by atoms with Gasteiger partial charge in [-0.15, -0.1) is 0 Å². The van der Waals surface area contributed by atoms with Crippen molar-refractivity contribution in [3.8, 4) is 11.4 Å². The van der Waals surface area contributed by atoms with Crippen LogP contribution in [0.2, 0.25) is 0 Å². The molecule has 18 heavy (non-hydrogen) atoms. The highest BCUT2D eigenvalue weighted by Gasteiger charge is 2.33. The molecule has 1 heterocycles. The highest BCUT2D eigenvalue weighted by atomic mass is 19.4. The van der Waals surface area contributed by atoms with Gasteiger partial charge in [-0.25, -0.2) is 9.97 Å². The van der Waals surface area contributed by atoms with Crippen LogP contribution in [0.3, 0.4) is 0 Å². The third-order valence-electron chi connectivity index (χ3n) is 2.30. The molecule has 1 aromatic carbocycles. The number of hydrogen-bond donors (Lipinski definition) is 2. The van der Waals surface area contributed by atoms with Crippen LogP contribution in [-0.4, -0.2) is 9.97 Å². The lowest BCUT2D eigenvalue weighted by Gasteiger charge is -2.10. The molecular weight excluding hydrogens is 245 g/mol. The van der Waals surface area contributed by atoms with E-state index in [1.807, 2.05) is 0 Å². The van der Waals surface area contributed by atoms with Crippen LogP contribution < -0.4 is 11.5 Å². The Morgan fingerprint density at radius 2 is 1.61 bits per heavy atom. The number of nitrogens with two attached hydrogens (primary N) is 2. The van der Waals surface area contributed by atoms with Crippen LogP contribution >= 0.6 is 0 Å². The van der Waals surface area contributed by atoms with Gasteiger partial charge in [0.05, 0.1) is 5.56 Å². The van der Waals surface area contributed by atoms with Crippen molar-refractivity contribution in [2.75, 3.05) is 11.5 Å². The summed E-state index contributed by atoms with van der Waals surface area (Å²) >= 11 is 0. The van der Waals surface area contributed by atoms with Gasteiger partial charge in [0.15, 0.2) is 5.82 Å². The molecule has 0 aliphatic carbocycles. The number of benzene rings is 1. The summed E-state index contributed by atoms with van der Waals surface area (Å²) in [6.07, 6.45) is -3.51. The molecule has 0 atom stereocenters. The summed E-state index contributed by atoms with van der Waals surface area (Å²) in [6, 6.07) is 5.44. The average molecular weight is 254 g/mol. The lowest BCUT2D eigenvalue weighted by atomic mass is 10.1. The van der Waals surface area contributed by atoms with Crippen LogP contribution in [0.4, 0.5) is 24.5 Å². The van der Waals surface area contributed by atoms with Gasteiger partial charge in [0.25, 0.3) is 0 Å². The first-order valence-corrected chi connectivity index (χ1v) is 4.94. The molecule has 0 saturated carbocycles. The topological polar surface area (TPSA) is 77.8 Å². The second-order valence-corrected chi connectivity index (χ2v) is 3.57. The molecule has 7 heteroatoms. The molecule has 1 aromatic heterocycles.